The van der Waals surface area contributed by atoms with Crippen molar-refractivity contribution in [2.45, 2.75) is 94.6 Å². The number of nitrogens with one attached hydrogen (secondary N) is 2. The summed E-state index contributed by atoms with van der Waals surface area (Å²) in [6.07, 6.45) is 19.5. The van der Waals surface area contributed by atoms with Crippen molar-refractivity contribution in [1.82, 2.24) is 10.6 Å². The van der Waals surface area contributed by atoms with E-state index in [0.717, 1.165) is 24.6 Å². The smallest absolute Gasteiger partial charge is 0.322 e. The number of carbonyl (C=O) groups is 5. The summed E-state index contributed by atoms with van der Waals surface area (Å²) in [7, 11) is 0. The molecule has 43 heavy (non-hydrogen) atoms. The predicted octanol–water partition coefficient (Wildman–Crippen LogP) is 2.78. The van der Waals surface area contributed by atoms with Crippen molar-refractivity contribution in [3.8, 4) is 0 Å². The van der Waals surface area contributed by atoms with Crippen LogP contribution in [0.2, 0.25) is 0 Å². The second kappa shape index (κ2) is 25.1. The topological polar surface area (TPSA) is 216 Å². The minimum Gasteiger partial charge on any atom is -0.481 e. The number of hydrogen-bond acceptors (Lipinski definition) is 8. The van der Waals surface area contributed by atoms with E-state index in [1.807, 2.05) is 18.2 Å². The molecule has 0 saturated heterocycles. The molecule has 0 aliphatic heterocycles. The van der Waals surface area contributed by atoms with E-state index in [-0.39, 0.29) is 37.9 Å². The van der Waals surface area contributed by atoms with Gasteiger partial charge in [0.15, 0.2) is 0 Å². The Bertz CT molecular complexity index is 982. The van der Waals surface area contributed by atoms with Crippen molar-refractivity contribution >= 4 is 41.5 Å². The van der Waals surface area contributed by atoms with Crippen molar-refractivity contribution < 1.29 is 44.4 Å². The zero-order chi connectivity index (χ0) is 32.5. The highest BCUT2D eigenvalue weighted by Gasteiger charge is 2.25. The van der Waals surface area contributed by atoms with Crippen LogP contribution in [0, 0.1) is 0 Å². The van der Waals surface area contributed by atoms with Gasteiger partial charge in [-0.25, -0.2) is 0 Å². The van der Waals surface area contributed by atoms with Crippen LogP contribution in [0.4, 0.5) is 0 Å². The summed E-state index contributed by atoms with van der Waals surface area (Å²) >= 11 is 1.13. The minimum atomic E-state index is -1.28. The molecule has 0 radical (unpaired) electrons. The number of nitrogens with two attached hydrogens (primary N) is 1. The van der Waals surface area contributed by atoms with E-state index < -0.39 is 59.7 Å². The van der Waals surface area contributed by atoms with Gasteiger partial charge in [0.1, 0.15) is 18.6 Å². The number of carboxylic acids is 3. The number of unbranched alkanes of at least 4 members (excludes halogenated alkanes) is 3. The van der Waals surface area contributed by atoms with Gasteiger partial charge in [-0.1, -0.05) is 68.4 Å². The molecule has 0 aliphatic rings. The van der Waals surface area contributed by atoms with Gasteiger partial charge >= 0.3 is 17.9 Å². The molecule has 0 spiro atoms. The van der Waals surface area contributed by atoms with E-state index in [1.54, 1.807) is 18.2 Å². The van der Waals surface area contributed by atoms with Gasteiger partial charge < -0.3 is 36.8 Å². The maximum Gasteiger partial charge on any atom is 0.322 e. The third kappa shape index (κ3) is 22.8. The highest BCUT2D eigenvalue weighted by molar-refractivity contribution is 8.00. The highest BCUT2D eigenvalue weighted by atomic mass is 32.2. The Balaban J connectivity index is 5.38. The highest BCUT2D eigenvalue weighted by Crippen LogP contribution is 2.22. The fraction of sp³-hybridized carbons (Fsp3) is 0.567. The van der Waals surface area contributed by atoms with Gasteiger partial charge in [0.05, 0.1) is 6.10 Å². The summed E-state index contributed by atoms with van der Waals surface area (Å²) in [4.78, 5) is 57.8. The Morgan fingerprint density at radius 1 is 0.860 bits per heavy atom. The Kier molecular flexibility index (Phi) is 23.1. The molecule has 0 rings (SSSR count). The molecule has 0 heterocycles. The molecular weight excluding hydrogens is 578 g/mol. The summed E-state index contributed by atoms with van der Waals surface area (Å²) in [6.45, 7) is 1.49. The number of hydrogen-bond donors (Lipinski definition) is 7. The SMILES string of the molecule is CCCCC/C=C\C\C=C/C=C/C=C/C(SCC(NC(=O)CCC(N)C(=O)O)C(=O)NCC(=O)O)C(O)CCCC(=O)O. The number of aliphatic carboxylic acids is 3. The van der Waals surface area contributed by atoms with Crippen LogP contribution >= 0.6 is 11.8 Å². The average Bonchev–Trinajstić information content (AvgIpc) is 2.95. The van der Waals surface area contributed by atoms with E-state index in [0.29, 0.717) is 0 Å². The molecule has 242 valence electrons. The van der Waals surface area contributed by atoms with Crippen molar-refractivity contribution in [3.63, 3.8) is 0 Å². The number of allylic oxidation sites excluding steroid dienone is 7. The van der Waals surface area contributed by atoms with Gasteiger partial charge in [-0.15, -0.1) is 11.8 Å². The van der Waals surface area contributed by atoms with Crippen molar-refractivity contribution in [2.24, 2.45) is 5.73 Å². The van der Waals surface area contributed by atoms with Crippen molar-refractivity contribution in [2.75, 3.05) is 12.3 Å². The molecule has 4 atom stereocenters. The minimum absolute atomic E-state index is 0.0542. The molecule has 0 aromatic heterocycles. The lowest BCUT2D eigenvalue weighted by Crippen LogP contribution is -2.50. The molecule has 12 nitrogen and oxygen atoms in total. The Labute approximate surface area is 257 Å². The van der Waals surface area contributed by atoms with Crippen LogP contribution in [0.25, 0.3) is 0 Å². The van der Waals surface area contributed by atoms with Crippen LogP contribution in [0.15, 0.2) is 48.6 Å². The first-order chi connectivity index (χ1) is 20.5. The van der Waals surface area contributed by atoms with Gasteiger partial charge in [-0.3, -0.25) is 24.0 Å². The zero-order valence-electron chi connectivity index (χ0n) is 24.7. The second-order valence-electron chi connectivity index (χ2n) is 9.77. The van der Waals surface area contributed by atoms with Crippen LogP contribution in [-0.2, 0) is 24.0 Å². The van der Waals surface area contributed by atoms with Crippen LogP contribution in [-0.4, -0.2) is 85.9 Å². The van der Waals surface area contributed by atoms with Gasteiger partial charge in [-0.2, -0.15) is 0 Å². The van der Waals surface area contributed by atoms with E-state index in [1.165, 1.54) is 19.3 Å². The number of amides is 2. The predicted molar refractivity (Wildman–Crippen MR) is 166 cm³/mol. The zero-order valence-corrected chi connectivity index (χ0v) is 25.5. The molecule has 8 N–H and O–H groups in total. The fourth-order valence-corrected chi connectivity index (χ4v) is 4.75. The number of aliphatic hydroxyl groups excluding tert-OH is 1. The van der Waals surface area contributed by atoms with Crippen LogP contribution < -0.4 is 16.4 Å². The monoisotopic (exact) mass is 625 g/mol. The quantitative estimate of drug-likeness (QED) is 0.0444. The van der Waals surface area contributed by atoms with Crippen molar-refractivity contribution in [1.29, 1.82) is 0 Å². The third-order valence-electron chi connectivity index (χ3n) is 5.97. The van der Waals surface area contributed by atoms with E-state index in [4.69, 9.17) is 21.1 Å². The lowest BCUT2D eigenvalue weighted by molar-refractivity contribution is -0.139. The first kappa shape index (κ1) is 39.6. The number of rotatable bonds is 25. The van der Waals surface area contributed by atoms with Gasteiger partial charge in [0, 0.05) is 23.8 Å². The summed E-state index contributed by atoms with van der Waals surface area (Å²) in [5.74, 6) is -5.01. The number of thioether (sulfide) groups is 1. The van der Waals surface area contributed by atoms with Crippen LogP contribution in [0.5, 0.6) is 0 Å². The molecule has 4 unspecified atom stereocenters. The maximum atomic E-state index is 12.6. The average molecular weight is 626 g/mol. The standard InChI is InChI=1S/C30H47N3O9S/c1-2-3-4-5-6-7-8-9-10-11-12-13-16-25(24(34)15-14-17-27(36)37)43-21-23(29(40)32-20-28(38)39)33-26(35)19-18-22(31)30(41)42/h6-7,9-13,16,22-25,34H,2-5,8,14-15,17-21,31H2,1H3,(H,32,40)(H,33,35)(H,36,37)(H,38,39)(H,41,42)/b7-6-,10-9-,12-11+,16-13+. The third-order valence-corrected chi connectivity index (χ3v) is 7.36. The summed E-state index contributed by atoms with van der Waals surface area (Å²) < 4.78 is 0. The number of aliphatic hydroxyl groups is 1. The Morgan fingerprint density at radius 2 is 1.58 bits per heavy atom. The van der Waals surface area contributed by atoms with Crippen LogP contribution in [0.3, 0.4) is 0 Å². The second-order valence-corrected chi connectivity index (χ2v) is 11.0. The van der Waals surface area contributed by atoms with E-state index in [9.17, 15) is 29.1 Å². The number of carboxylic acid groups (broad SMARTS) is 3. The molecule has 0 aromatic carbocycles. The molecule has 0 bridgehead atoms. The van der Waals surface area contributed by atoms with Gasteiger partial charge in [0.2, 0.25) is 11.8 Å². The van der Waals surface area contributed by atoms with E-state index in [2.05, 4.69) is 29.7 Å². The van der Waals surface area contributed by atoms with Gasteiger partial charge in [0.25, 0.3) is 0 Å². The first-order valence-electron chi connectivity index (χ1n) is 14.4. The normalized spacial score (nSPS) is 14.7. The molecule has 0 fully saturated rings. The van der Waals surface area contributed by atoms with Crippen LogP contribution in [0.1, 0.15) is 71.1 Å². The summed E-state index contributed by atoms with van der Waals surface area (Å²) in [6, 6.07) is -2.45. The number of carbonyl (C=O) groups excluding carboxylic acids is 2. The summed E-state index contributed by atoms with van der Waals surface area (Å²) in [5, 5.41) is 41.6. The Morgan fingerprint density at radius 3 is 2.23 bits per heavy atom. The Hall–Kier alpha value is -3.42. The molecular formula is C30H47N3O9S. The van der Waals surface area contributed by atoms with Crippen molar-refractivity contribution in [3.05, 3.63) is 48.6 Å². The molecule has 2 amide bonds. The van der Waals surface area contributed by atoms with Gasteiger partial charge in [-0.05, 0) is 38.5 Å². The molecule has 13 heteroatoms. The molecule has 0 saturated carbocycles. The lowest BCUT2D eigenvalue weighted by Gasteiger charge is -2.23. The maximum absolute atomic E-state index is 12.6. The summed E-state index contributed by atoms with van der Waals surface area (Å²) in [5.41, 5.74) is 5.43. The largest absolute Gasteiger partial charge is 0.481 e. The lowest BCUT2D eigenvalue weighted by atomic mass is 10.1. The molecule has 0 aliphatic carbocycles. The first-order valence-corrected chi connectivity index (χ1v) is 15.5. The van der Waals surface area contributed by atoms with E-state index >= 15 is 0 Å². The molecule has 0 aromatic rings. The fourth-order valence-electron chi connectivity index (χ4n) is 3.54.